The van der Waals surface area contributed by atoms with Crippen molar-refractivity contribution in [2.75, 3.05) is 11.3 Å². The first-order chi connectivity index (χ1) is 11.4. The third kappa shape index (κ3) is 3.33. The zero-order valence-corrected chi connectivity index (χ0v) is 14.8. The van der Waals surface area contributed by atoms with Gasteiger partial charge in [-0.2, -0.15) is 0 Å². The van der Waals surface area contributed by atoms with Crippen LogP contribution < -0.4 is 14.2 Å². The summed E-state index contributed by atoms with van der Waals surface area (Å²) in [4.78, 5) is 0.213. The molecule has 128 valence electrons. The summed E-state index contributed by atoms with van der Waals surface area (Å²) in [5, 5.41) is 0. The number of aryl methyl sites for hydroxylation is 1. The summed E-state index contributed by atoms with van der Waals surface area (Å²) in [6, 6.07) is 10.3. The van der Waals surface area contributed by atoms with Crippen LogP contribution in [-0.2, 0) is 16.4 Å². The lowest BCUT2D eigenvalue weighted by Gasteiger charge is -2.14. The van der Waals surface area contributed by atoms with Crippen LogP contribution in [0.3, 0.4) is 0 Å². The fourth-order valence-electron chi connectivity index (χ4n) is 2.72. The van der Waals surface area contributed by atoms with Crippen LogP contribution in [0.5, 0.6) is 11.5 Å². The summed E-state index contributed by atoms with van der Waals surface area (Å²) in [5.41, 5.74) is 2.43. The normalized spacial score (nSPS) is 16.4. The highest BCUT2D eigenvalue weighted by atomic mass is 32.2. The highest BCUT2D eigenvalue weighted by Gasteiger charge is 2.24. The molecule has 0 aliphatic carbocycles. The van der Waals surface area contributed by atoms with E-state index in [1.165, 1.54) is 0 Å². The average Bonchev–Trinajstić information content (AvgIpc) is 2.87. The molecule has 0 bridgehead atoms. The Labute approximate surface area is 142 Å². The summed E-state index contributed by atoms with van der Waals surface area (Å²) in [7, 11) is -3.69. The molecule has 0 amide bonds. The molecule has 1 heterocycles. The number of rotatable bonds is 5. The van der Waals surface area contributed by atoms with Crippen LogP contribution in [-0.4, -0.2) is 21.1 Å². The second kappa shape index (κ2) is 6.36. The van der Waals surface area contributed by atoms with E-state index in [9.17, 15) is 8.42 Å². The van der Waals surface area contributed by atoms with Crippen LogP contribution >= 0.6 is 0 Å². The van der Waals surface area contributed by atoms with Crippen molar-refractivity contribution in [2.45, 2.75) is 38.2 Å². The lowest BCUT2D eigenvalue weighted by Crippen LogP contribution is -2.14. The minimum absolute atomic E-state index is 0.0819. The third-order valence-corrected chi connectivity index (χ3v) is 5.26. The van der Waals surface area contributed by atoms with E-state index in [4.69, 9.17) is 9.47 Å². The lowest BCUT2D eigenvalue weighted by molar-refractivity contribution is 0.254. The Balaban J connectivity index is 1.96. The molecule has 6 heteroatoms. The molecule has 24 heavy (non-hydrogen) atoms. The Kier molecular flexibility index (Phi) is 4.41. The number of benzene rings is 2. The van der Waals surface area contributed by atoms with Gasteiger partial charge in [-0.3, -0.25) is 4.72 Å². The van der Waals surface area contributed by atoms with Crippen LogP contribution in [0.2, 0.25) is 0 Å². The number of hydrogen-bond donors (Lipinski definition) is 1. The van der Waals surface area contributed by atoms with Crippen molar-refractivity contribution in [3.05, 3.63) is 47.5 Å². The summed E-state index contributed by atoms with van der Waals surface area (Å²) >= 11 is 0. The van der Waals surface area contributed by atoms with Crippen molar-refractivity contribution >= 4 is 15.7 Å². The van der Waals surface area contributed by atoms with E-state index in [0.29, 0.717) is 23.8 Å². The summed E-state index contributed by atoms with van der Waals surface area (Å²) in [6.07, 6.45) is 0.874. The molecule has 5 nitrogen and oxygen atoms in total. The van der Waals surface area contributed by atoms with Gasteiger partial charge in [0.25, 0.3) is 10.0 Å². The summed E-state index contributed by atoms with van der Waals surface area (Å²) in [5.74, 6) is 1.22. The Morgan fingerprint density at radius 2 is 1.96 bits per heavy atom. The molecular formula is C18H21NO4S. The fourth-order valence-corrected chi connectivity index (χ4v) is 3.78. The number of hydrogen-bond acceptors (Lipinski definition) is 4. The minimum atomic E-state index is -3.69. The molecule has 3 rings (SSSR count). The molecule has 0 radical (unpaired) electrons. The van der Waals surface area contributed by atoms with Crippen LogP contribution in [0, 0.1) is 6.92 Å². The van der Waals surface area contributed by atoms with E-state index in [2.05, 4.69) is 4.72 Å². The van der Waals surface area contributed by atoms with Gasteiger partial charge in [0.15, 0.2) is 0 Å². The molecule has 2 aromatic carbocycles. The predicted octanol–water partition coefficient (Wildman–Crippen LogP) is 3.52. The molecule has 0 aromatic heterocycles. The van der Waals surface area contributed by atoms with Crippen LogP contribution in [0.1, 0.15) is 25.0 Å². The maximum atomic E-state index is 12.6. The van der Waals surface area contributed by atoms with Gasteiger partial charge in [0.1, 0.15) is 17.6 Å². The van der Waals surface area contributed by atoms with Crippen LogP contribution in [0.4, 0.5) is 5.69 Å². The van der Waals surface area contributed by atoms with E-state index < -0.39 is 10.0 Å². The van der Waals surface area contributed by atoms with Gasteiger partial charge in [-0.25, -0.2) is 8.42 Å². The van der Waals surface area contributed by atoms with Gasteiger partial charge in [-0.15, -0.1) is 0 Å². The largest absolute Gasteiger partial charge is 0.492 e. The SMILES string of the molecule is CCOc1cc2c(cc1NS(=O)(=O)c1ccc(C)cc1)OC(C)C2. The molecule has 0 saturated heterocycles. The van der Waals surface area contributed by atoms with E-state index in [1.54, 1.807) is 30.3 Å². The molecule has 1 aliphatic heterocycles. The van der Waals surface area contributed by atoms with E-state index in [1.807, 2.05) is 26.8 Å². The van der Waals surface area contributed by atoms with Gasteiger partial charge in [-0.1, -0.05) is 17.7 Å². The Morgan fingerprint density at radius 3 is 2.62 bits per heavy atom. The summed E-state index contributed by atoms with van der Waals surface area (Å²) in [6.45, 7) is 6.21. The van der Waals surface area contributed by atoms with Crippen molar-refractivity contribution in [3.8, 4) is 11.5 Å². The lowest BCUT2D eigenvalue weighted by atomic mass is 10.1. The Hall–Kier alpha value is -2.21. The van der Waals surface area contributed by atoms with Gasteiger partial charge >= 0.3 is 0 Å². The maximum Gasteiger partial charge on any atom is 0.262 e. The van der Waals surface area contributed by atoms with Crippen molar-refractivity contribution in [1.82, 2.24) is 0 Å². The quantitative estimate of drug-likeness (QED) is 0.899. The number of fused-ring (bicyclic) bond motifs is 1. The van der Waals surface area contributed by atoms with Crippen LogP contribution in [0.15, 0.2) is 41.3 Å². The molecule has 1 unspecified atom stereocenters. The first kappa shape index (κ1) is 16.6. The third-order valence-electron chi connectivity index (χ3n) is 3.87. The first-order valence-electron chi connectivity index (χ1n) is 7.95. The van der Waals surface area contributed by atoms with Crippen molar-refractivity contribution in [3.63, 3.8) is 0 Å². The predicted molar refractivity (Wildman–Crippen MR) is 93.4 cm³/mol. The molecule has 1 atom stereocenters. The number of anilines is 1. The molecule has 0 saturated carbocycles. The van der Waals surface area contributed by atoms with Crippen molar-refractivity contribution in [1.29, 1.82) is 0 Å². The maximum absolute atomic E-state index is 12.6. The van der Waals surface area contributed by atoms with Crippen LogP contribution in [0.25, 0.3) is 0 Å². The van der Waals surface area contributed by atoms with E-state index in [-0.39, 0.29) is 11.0 Å². The molecule has 0 fully saturated rings. The zero-order chi connectivity index (χ0) is 17.3. The van der Waals surface area contributed by atoms with Gasteiger partial charge < -0.3 is 9.47 Å². The average molecular weight is 347 g/mol. The van der Waals surface area contributed by atoms with Gasteiger partial charge in [0.05, 0.1) is 17.2 Å². The highest BCUT2D eigenvalue weighted by molar-refractivity contribution is 7.92. The van der Waals surface area contributed by atoms with Gasteiger partial charge in [0, 0.05) is 18.1 Å². The smallest absolute Gasteiger partial charge is 0.262 e. The Bertz CT molecular complexity index is 844. The zero-order valence-electron chi connectivity index (χ0n) is 14.0. The Morgan fingerprint density at radius 1 is 1.25 bits per heavy atom. The minimum Gasteiger partial charge on any atom is -0.492 e. The highest BCUT2D eigenvalue weighted by Crippen LogP contribution is 2.38. The molecule has 0 spiro atoms. The van der Waals surface area contributed by atoms with Gasteiger partial charge in [0.2, 0.25) is 0 Å². The molecule has 1 aliphatic rings. The number of nitrogens with one attached hydrogen (secondary N) is 1. The molecule has 1 N–H and O–H groups in total. The van der Waals surface area contributed by atoms with E-state index >= 15 is 0 Å². The number of ether oxygens (including phenoxy) is 2. The summed E-state index contributed by atoms with van der Waals surface area (Å²) < 4.78 is 39.2. The number of sulfonamides is 1. The second-order valence-corrected chi connectivity index (χ2v) is 7.62. The van der Waals surface area contributed by atoms with Crippen molar-refractivity contribution < 1.29 is 17.9 Å². The second-order valence-electron chi connectivity index (χ2n) is 5.94. The fraction of sp³-hybridized carbons (Fsp3) is 0.333. The van der Waals surface area contributed by atoms with Crippen molar-refractivity contribution in [2.24, 2.45) is 0 Å². The standard InChI is InChI=1S/C18H21NO4S/c1-4-22-18-10-14-9-13(3)23-17(14)11-16(18)19-24(20,21)15-7-5-12(2)6-8-15/h5-8,10-11,13,19H,4,9H2,1-3H3. The van der Waals surface area contributed by atoms with Gasteiger partial charge in [-0.05, 0) is 39.0 Å². The topological polar surface area (TPSA) is 64.6 Å². The molecular weight excluding hydrogens is 326 g/mol. The molecule has 2 aromatic rings. The first-order valence-corrected chi connectivity index (χ1v) is 9.43. The van der Waals surface area contributed by atoms with E-state index in [0.717, 1.165) is 17.5 Å². The monoisotopic (exact) mass is 347 g/mol.